The summed E-state index contributed by atoms with van der Waals surface area (Å²) in [6, 6.07) is 9.15. The molecule has 1 aromatic carbocycles. The first kappa shape index (κ1) is 15.2. The molecule has 0 radical (unpaired) electrons. The Bertz CT molecular complexity index is 733. The van der Waals surface area contributed by atoms with Crippen molar-refractivity contribution in [2.75, 3.05) is 6.54 Å². The summed E-state index contributed by atoms with van der Waals surface area (Å²) >= 11 is 0. The maximum absolute atomic E-state index is 12.8. The number of nitrogens with zero attached hydrogens (tertiary/aromatic N) is 2. The van der Waals surface area contributed by atoms with E-state index in [1.807, 2.05) is 44.2 Å². The van der Waals surface area contributed by atoms with Crippen molar-refractivity contribution < 1.29 is 12.9 Å². The van der Waals surface area contributed by atoms with Crippen molar-refractivity contribution in [3.63, 3.8) is 0 Å². The minimum Gasteiger partial charge on any atom is -0.361 e. The average molecular weight is 320 g/mol. The smallest absolute Gasteiger partial charge is 0.218 e. The second-order valence-corrected chi connectivity index (χ2v) is 7.67. The molecule has 0 amide bonds. The van der Waals surface area contributed by atoms with Gasteiger partial charge in [0, 0.05) is 12.1 Å². The minimum absolute atomic E-state index is 0.0354. The summed E-state index contributed by atoms with van der Waals surface area (Å²) in [5, 5.41) is 3.96. The Morgan fingerprint density at radius 3 is 2.64 bits per heavy atom. The lowest BCUT2D eigenvalue weighted by Crippen LogP contribution is -2.32. The summed E-state index contributed by atoms with van der Waals surface area (Å²) in [5.74, 6) is 0.748. The first-order chi connectivity index (χ1) is 10.5. The number of hydrogen-bond acceptors (Lipinski definition) is 4. The summed E-state index contributed by atoms with van der Waals surface area (Å²) in [5.41, 5.74) is 2.52. The third kappa shape index (κ3) is 2.80. The fourth-order valence-corrected chi connectivity index (χ4v) is 4.98. The van der Waals surface area contributed by atoms with Crippen LogP contribution < -0.4 is 0 Å². The zero-order chi connectivity index (χ0) is 15.7. The highest BCUT2D eigenvalue weighted by molar-refractivity contribution is 7.88. The molecule has 1 fully saturated rings. The number of aromatic nitrogens is 1. The van der Waals surface area contributed by atoms with Crippen LogP contribution in [0.4, 0.5) is 0 Å². The van der Waals surface area contributed by atoms with E-state index in [1.54, 1.807) is 4.31 Å². The molecule has 22 heavy (non-hydrogen) atoms. The van der Waals surface area contributed by atoms with Gasteiger partial charge in [0.2, 0.25) is 10.0 Å². The van der Waals surface area contributed by atoms with Gasteiger partial charge in [-0.2, -0.15) is 4.31 Å². The van der Waals surface area contributed by atoms with Gasteiger partial charge in [-0.25, -0.2) is 8.42 Å². The van der Waals surface area contributed by atoms with Crippen molar-refractivity contribution in [3.8, 4) is 0 Å². The standard InChI is InChI=1S/C16H20N2O3S/c1-12-16(13(2)21-17-12)15-9-6-10-18(15)22(19,20)11-14-7-4-3-5-8-14/h3-5,7-8,15H,6,9-11H2,1-2H3. The molecule has 0 N–H and O–H groups in total. The molecular weight excluding hydrogens is 300 g/mol. The molecule has 1 aliphatic rings. The molecule has 1 saturated heterocycles. The van der Waals surface area contributed by atoms with Crippen LogP contribution in [0, 0.1) is 13.8 Å². The molecule has 1 aromatic heterocycles. The van der Waals surface area contributed by atoms with E-state index in [4.69, 9.17) is 4.52 Å². The van der Waals surface area contributed by atoms with E-state index in [9.17, 15) is 8.42 Å². The van der Waals surface area contributed by atoms with Gasteiger partial charge in [-0.1, -0.05) is 35.5 Å². The number of sulfonamides is 1. The lowest BCUT2D eigenvalue weighted by atomic mass is 10.0. The van der Waals surface area contributed by atoms with Crippen molar-refractivity contribution in [1.82, 2.24) is 9.46 Å². The van der Waals surface area contributed by atoms with Crippen LogP contribution in [-0.2, 0) is 15.8 Å². The summed E-state index contributed by atoms with van der Waals surface area (Å²) in [7, 11) is -3.36. The van der Waals surface area contributed by atoms with Crippen LogP contribution in [0.15, 0.2) is 34.9 Å². The molecule has 0 aliphatic carbocycles. The molecule has 2 aromatic rings. The molecule has 3 rings (SSSR count). The van der Waals surface area contributed by atoms with E-state index < -0.39 is 10.0 Å². The Kier molecular flexibility index (Phi) is 4.06. The highest BCUT2D eigenvalue weighted by atomic mass is 32.2. The quantitative estimate of drug-likeness (QED) is 0.869. The molecule has 118 valence electrons. The van der Waals surface area contributed by atoms with Crippen molar-refractivity contribution in [2.45, 2.75) is 38.5 Å². The van der Waals surface area contributed by atoms with Gasteiger partial charge in [-0.3, -0.25) is 0 Å². The molecule has 0 bridgehead atoms. The largest absolute Gasteiger partial charge is 0.361 e. The van der Waals surface area contributed by atoms with Crippen LogP contribution in [0.3, 0.4) is 0 Å². The lowest BCUT2D eigenvalue weighted by molar-refractivity contribution is 0.376. The van der Waals surface area contributed by atoms with Gasteiger partial charge in [0.15, 0.2) is 0 Å². The Labute approximate surface area is 131 Å². The van der Waals surface area contributed by atoms with Gasteiger partial charge in [0.1, 0.15) is 5.76 Å². The van der Waals surface area contributed by atoms with Gasteiger partial charge < -0.3 is 4.52 Å². The molecule has 0 spiro atoms. The van der Waals surface area contributed by atoms with Gasteiger partial charge in [-0.15, -0.1) is 0 Å². The summed E-state index contributed by atoms with van der Waals surface area (Å²) in [6.45, 7) is 4.27. The van der Waals surface area contributed by atoms with Crippen LogP contribution in [-0.4, -0.2) is 24.4 Å². The normalized spacial score (nSPS) is 19.6. The van der Waals surface area contributed by atoms with Gasteiger partial charge in [0.25, 0.3) is 0 Å². The van der Waals surface area contributed by atoms with Crippen LogP contribution in [0.5, 0.6) is 0 Å². The lowest BCUT2D eigenvalue weighted by Gasteiger charge is -2.24. The van der Waals surface area contributed by atoms with E-state index in [-0.39, 0.29) is 11.8 Å². The first-order valence-corrected chi connectivity index (χ1v) is 9.06. The monoisotopic (exact) mass is 320 g/mol. The topological polar surface area (TPSA) is 63.4 Å². The van der Waals surface area contributed by atoms with Gasteiger partial charge in [0.05, 0.1) is 17.5 Å². The molecule has 2 heterocycles. The zero-order valence-electron chi connectivity index (χ0n) is 12.8. The van der Waals surface area contributed by atoms with Gasteiger partial charge >= 0.3 is 0 Å². The van der Waals surface area contributed by atoms with Crippen molar-refractivity contribution >= 4 is 10.0 Å². The first-order valence-electron chi connectivity index (χ1n) is 7.45. The minimum atomic E-state index is -3.36. The predicted octanol–water partition coefficient (Wildman–Crippen LogP) is 2.96. The third-order valence-corrected chi connectivity index (χ3v) is 6.02. The van der Waals surface area contributed by atoms with Crippen molar-refractivity contribution in [1.29, 1.82) is 0 Å². The zero-order valence-corrected chi connectivity index (χ0v) is 13.6. The summed E-state index contributed by atoms with van der Waals surface area (Å²) in [6.07, 6.45) is 1.68. The number of rotatable bonds is 4. The molecule has 6 heteroatoms. The fraction of sp³-hybridized carbons (Fsp3) is 0.438. The van der Waals surface area contributed by atoms with Gasteiger partial charge in [-0.05, 0) is 32.3 Å². The maximum Gasteiger partial charge on any atom is 0.218 e. The van der Waals surface area contributed by atoms with Crippen LogP contribution in [0.2, 0.25) is 0 Å². The maximum atomic E-state index is 12.8. The molecule has 5 nitrogen and oxygen atoms in total. The summed E-state index contributed by atoms with van der Waals surface area (Å²) < 4.78 is 32.4. The van der Waals surface area contributed by atoms with Crippen molar-refractivity contribution in [2.24, 2.45) is 0 Å². The van der Waals surface area contributed by atoms with E-state index in [0.29, 0.717) is 12.3 Å². The van der Waals surface area contributed by atoms with E-state index in [2.05, 4.69) is 5.16 Å². The Morgan fingerprint density at radius 1 is 1.27 bits per heavy atom. The molecule has 1 aliphatic heterocycles. The Balaban J connectivity index is 1.89. The third-order valence-electron chi connectivity index (χ3n) is 4.17. The number of hydrogen-bond donors (Lipinski definition) is 0. The van der Waals surface area contributed by atoms with Crippen LogP contribution in [0.25, 0.3) is 0 Å². The van der Waals surface area contributed by atoms with Crippen molar-refractivity contribution in [3.05, 3.63) is 52.9 Å². The molecule has 1 atom stereocenters. The van der Waals surface area contributed by atoms with Crippen LogP contribution >= 0.6 is 0 Å². The molecule has 0 saturated carbocycles. The second kappa shape index (κ2) is 5.85. The van der Waals surface area contributed by atoms with E-state index in [0.717, 1.165) is 29.7 Å². The molecular formula is C16H20N2O3S. The predicted molar refractivity (Wildman–Crippen MR) is 83.7 cm³/mol. The Morgan fingerprint density at radius 2 is 2.00 bits per heavy atom. The number of benzene rings is 1. The fourth-order valence-electron chi connectivity index (χ4n) is 3.20. The number of aryl methyl sites for hydroxylation is 2. The second-order valence-electron chi connectivity index (χ2n) is 5.75. The highest BCUT2D eigenvalue weighted by Crippen LogP contribution is 2.38. The Hall–Kier alpha value is -1.66. The van der Waals surface area contributed by atoms with Crippen LogP contribution in [0.1, 0.15) is 41.5 Å². The summed E-state index contributed by atoms with van der Waals surface area (Å²) in [4.78, 5) is 0. The highest BCUT2D eigenvalue weighted by Gasteiger charge is 2.37. The van der Waals surface area contributed by atoms with E-state index in [1.165, 1.54) is 0 Å². The van der Waals surface area contributed by atoms with E-state index >= 15 is 0 Å². The average Bonchev–Trinajstić information content (AvgIpc) is 3.07. The molecule has 1 unspecified atom stereocenters. The SMILES string of the molecule is Cc1noc(C)c1C1CCCN1S(=O)(=O)Cc1ccccc1.